The number of rotatable bonds is 3. The highest BCUT2D eigenvalue weighted by Crippen LogP contribution is 2.24. The number of ether oxygens (including phenoxy) is 1. The average Bonchev–Trinajstić information content (AvgIpc) is 2.65. The van der Waals surface area contributed by atoms with E-state index in [9.17, 15) is 4.79 Å². The molecule has 0 spiro atoms. The van der Waals surface area contributed by atoms with Gasteiger partial charge in [-0.25, -0.2) is 4.98 Å². The molecular weight excluding hydrogens is 206 g/mol. The molecule has 1 unspecified atom stereocenters. The van der Waals surface area contributed by atoms with Gasteiger partial charge in [0, 0.05) is 12.8 Å². The SMILES string of the molecule is CC1(Nc2ncccc2C(N)=O)CCOC1. The third kappa shape index (κ3) is 2.14. The summed E-state index contributed by atoms with van der Waals surface area (Å²) >= 11 is 0. The number of anilines is 1. The lowest BCUT2D eigenvalue weighted by Crippen LogP contribution is -2.36. The fourth-order valence-electron chi connectivity index (χ4n) is 1.76. The second-order valence-electron chi connectivity index (χ2n) is 4.25. The van der Waals surface area contributed by atoms with E-state index in [4.69, 9.17) is 10.5 Å². The van der Waals surface area contributed by atoms with Crippen LogP contribution in [0.5, 0.6) is 0 Å². The van der Waals surface area contributed by atoms with Gasteiger partial charge in [0.05, 0.1) is 17.7 Å². The van der Waals surface area contributed by atoms with Gasteiger partial charge < -0.3 is 15.8 Å². The van der Waals surface area contributed by atoms with Crippen molar-refractivity contribution >= 4 is 11.7 Å². The Hall–Kier alpha value is -1.62. The van der Waals surface area contributed by atoms with Crippen LogP contribution in [0.1, 0.15) is 23.7 Å². The van der Waals surface area contributed by atoms with Crippen molar-refractivity contribution in [3.63, 3.8) is 0 Å². The number of nitrogens with one attached hydrogen (secondary N) is 1. The highest BCUT2D eigenvalue weighted by Gasteiger charge is 2.30. The molecule has 0 aromatic carbocycles. The molecule has 1 amide bonds. The van der Waals surface area contributed by atoms with Crippen LogP contribution in [0.2, 0.25) is 0 Å². The van der Waals surface area contributed by atoms with Gasteiger partial charge in [0.25, 0.3) is 5.91 Å². The highest BCUT2D eigenvalue weighted by molar-refractivity contribution is 5.97. The number of nitrogens with two attached hydrogens (primary N) is 1. The van der Waals surface area contributed by atoms with Gasteiger partial charge in [-0.05, 0) is 25.5 Å². The maximum absolute atomic E-state index is 11.2. The molecule has 2 rings (SSSR count). The van der Waals surface area contributed by atoms with E-state index in [0.29, 0.717) is 18.0 Å². The Kier molecular flexibility index (Phi) is 2.78. The van der Waals surface area contributed by atoms with Gasteiger partial charge in [0.2, 0.25) is 0 Å². The summed E-state index contributed by atoms with van der Waals surface area (Å²) < 4.78 is 5.33. The molecule has 1 aliphatic heterocycles. The zero-order valence-electron chi connectivity index (χ0n) is 9.19. The molecule has 1 aromatic heterocycles. The summed E-state index contributed by atoms with van der Waals surface area (Å²) in [5, 5.41) is 3.23. The Morgan fingerprint density at radius 2 is 2.50 bits per heavy atom. The summed E-state index contributed by atoms with van der Waals surface area (Å²) in [5.74, 6) is 0.0566. The van der Waals surface area contributed by atoms with Crippen molar-refractivity contribution in [2.75, 3.05) is 18.5 Å². The highest BCUT2D eigenvalue weighted by atomic mass is 16.5. The minimum atomic E-state index is -0.474. The van der Waals surface area contributed by atoms with E-state index in [1.807, 2.05) is 6.92 Å². The zero-order valence-corrected chi connectivity index (χ0v) is 9.19. The standard InChI is InChI=1S/C11H15N3O2/c1-11(4-6-16-7-11)14-10-8(9(12)15)3-2-5-13-10/h2-3,5H,4,6-7H2,1H3,(H2,12,15)(H,13,14). The minimum Gasteiger partial charge on any atom is -0.379 e. The smallest absolute Gasteiger partial charge is 0.252 e. The van der Waals surface area contributed by atoms with Gasteiger partial charge in [-0.15, -0.1) is 0 Å². The minimum absolute atomic E-state index is 0.168. The number of hydrogen-bond acceptors (Lipinski definition) is 4. The first kappa shape index (κ1) is 10.9. The first-order valence-corrected chi connectivity index (χ1v) is 5.21. The summed E-state index contributed by atoms with van der Waals surface area (Å²) in [6.45, 7) is 3.38. The summed E-state index contributed by atoms with van der Waals surface area (Å²) in [4.78, 5) is 15.4. The number of carbonyl (C=O) groups excluding carboxylic acids is 1. The lowest BCUT2D eigenvalue weighted by atomic mass is 10.0. The molecule has 3 N–H and O–H groups in total. The van der Waals surface area contributed by atoms with Crippen LogP contribution in [-0.4, -0.2) is 29.6 Å². The molecule has 1 aromatic rings. The Balaban J connectivity index is 2.23. The van der Waals surface area contributed by atoms with Crippen molar-refractivity contribution in [1.29, 1.82) is 0 Å². The molecule has 5 nitrogen and oxygen atoms in total. The van der Waals surface area contributed by atoms with Crippen LogP contribution in [0.15, 0.2) is 18.3 Å². The second kappa shape index (κ2) is 4.09. The number of carbonyl (C=O) groups is 1. The molecule has 2 heterocycles. The van der Waals surface area contributed by atoms with E-state index >= 15 is 0 Å². The molecule has 1 fully saturated rings. The lowest BCUT2D eigenvalue weighted by Gasteiger charge is -2.25. The van der Waals surface area contributed by atoms with E-state index < -0.39 is 5.91 Å². The monoisotopic (exact) mass is 221 g/mol. The molecule has 0 saturated carbocycles. The first-order valence-electron chi connectivity index (χ1n) is 5.21. The van der Waals surface area contributed by atoms with Crippen LogP contribution in [0.25, 0.3) is 0 Å². The molecule has 0 radical (unpaired) electrons. The second-order valence-corrected chi connectivity index (χ2v) is 4.25. The Bertz CT molecular complexity index is 400. The number of hydrogen-bond donors (Lipinski definition) is 2. The van der Waals surface area contributed by atoms with Crippen LogP contribution in [-0.2, 0) is 4.74 Å². The number of aromatic nitrogens is 1. The van der Waals surface area contributed by atoms with Gasteiger partial charge in [0.1, 0.15) is 5.82 Å². The van der Waals surface area contributed by atoms with E-state index in [0.717, 1.165) is 13.0 Å². The molecule has 0 bridgehead atoms. The van der Waals surface area contributed by atoms with Crippen LogP contribution < -0.4 is 11.1 Å². The van der Waals surface area contributed by atoms with Crippen molar-refractivity contribution in [1.82, 2.24) is 4.98 Å². The molecule has 16 heavy (non-hydrogen) atoms. The maximum Gasteiger partial charge on any atom is 0.252 e. The van der Waals surface area contributed by atoms with Crippen LogP contribution >= 0.6 is 0 Å². The van der Waals surface area contributed by atoms with E-state index in [1.165, 1.54) is 0 Å². The number of pyridine rings is 1. The third-order valence-electron chi connectivity index (χ3n) is 2.71. The average molecular weight is 221 g/mol. The summed E-state index contributed by atoms with van der Waals surface area (Å²) in [6.07, 6.45) is 2.52. The molecule has 1 saturated heterocycles. The fourth-order valence-corrected chi connectivity index (χ4v) is 1.76. The predicted octanol–water partition coefficient (Wildman–Crippen LogP) is 0.771. The Labute approximate surface area is 94.0 Å². The van der Waals surface area contributed by atoms with Crippen molar-refractivity contribution in [3.05, 3.63) is 23.9 Å². The maximum atomic E-state index is 11.2. The summed E-state index contributed by atoms with van der Waals surface area (Å²) in [7, 11) is 0. The Morgan fingerprint density at radius 1 is 1.69 bits per heavy atom. The first-order chi connectivity index (χ1) is 7.61. The topological polar surface area (TPSA) is 77.2 Å². The van der Waals surface area contributed by atoms with Crippen molar-refractivity contribution in [2.24, 2.45) is 5.73 Å². The summed E-state index contributed by atoms with van der Waals surface area (Å²) in [6, 6.07) is 3.36. The largest absolute Gasteiger partial charge is 0.379 e. The van der Waals surface area contributed by atoms with Gasteiger partial charge in [-0.3, -0.25) is 4.79 Å². The molecule has 5 heteroatoms. The molecule has 1 atom stereocenters. The van der Waals surface area contributed by atoms with Crippen molar-refractivity contribution in [3.8, 4) is 0 Å². The Morgan fingerprint density at radius 3 is 3.12 bits per heavy atom. The fraction of sp³-hybridized carbons (Fsp3) is 0.455. The number of primary amides is 1. The molecule has 0 aliphatic carbocycles. The van der Waals surface area contributed by atoms with Crippen molar-refractivity contribution in [2.45, 2.75) is 18.9 Å². The number of nitrogens with zero attached hydrogens (tertiary/aromatic N) is 1. The van der Waals surface area contributed by atoms with Gasteiger partial charge in [0.15, 0.2) is 0 Å². The van der Waals surface area contributed by atoms with Crippen molar-refractivity contribution < 1.29 is 9.53 Å². The van der Waals surface area contributed by atoms with Crippen LogP contribution in [0.3, 0.4) is 0 Å². The predicted molar refractivity (Wildman–Crippen MR) is 60.2 cm³/mol. The van der Waals surface area contributed by atoms with E-state index in [-0.39, 0.29) is 5.54 Å². The van der Waals surface area contributed by atoms with E-state index in [2.05, 4.69) is 10.3 Å². The van der Waals surface area contributed by atoms with E-state index in [1.54, 1.807) is 18.3 Å². The van der Waals surface area contributed by atoms with Gasteiger partial charge >= 0.3 is 0 Å². The van der Waals surface area contributed by atoms with Crippen LogP contribution in [0, 0.1) is 0 Å². The van der Waals surface area contributed by atoms with Gasteiger partial charge in [-0.1, -0.05) is 0 Å². The molecular formula is C11H15N3O2. The lowest BCUT2D eigenvalue weighted by molar-refractivity contribution is 0.100. The quantitative estimate of drug-likeness (QED) is 0.790. The van der Waals surface area contributed by atoms with Gasteiger partial charge in [-0.2, -0.15) is 0 Å². The zero-order chi connectivity index (χ0) is 11.6. The normalized spacial score (nSPS) is 24.3. The third-order valence-corrected chi connectivity index (χ3v) is 2.71. The van der Waals surface area contributed by atoms with Crippen LogP contribution in [0.4, 0.5) is 5.82 Å². The molecule has 1 aliphatic rings. The molecule has 86 valence electrons. The number of amides is 1. The summed E-state index contributed by atoms with van der Waals surface area (Å²) in [5.41, 5.74) is 5.53.